The topological polar surface area (TPSA) is 26.1 Å². The van der Waals surface area contributed by atoms with E-state index in [4.69, 9.17) is 0 Å². The summed E-state index contributed by atoms with van der Waals surface area (Å²) in [7, 11) is 0. The molecule has 2 heterocycles. The van der Waals surface area contributed by atoms with Crippen LogP contribution in [0.1, 0.15) is 16.0 Å². The molecule has 4 heteroatoms. The zero-order chi connectivity index (χ0) is 11.5. The second-order valence-electron chi connectivity index (χ2n) is 3.98. The quantitative estimate of drug-likeness (QED) is 0.906. The van der Waals surface area contributed by atoms with Crippen LogP contribution in [0.4, 0.5) is 5.69 Å². The van der Waals surface area contributed by atoms with E-state index in [1.165, 1.54) is 16.0 Å². The van der Waals surface area contributed by atoms with Crippen molar-refractivity contribution in [2.75, 3.05) is 0 Å². The number of nitrogens with one attached hydrogen (secondary N) is 1. The number of benzene rings is 1. The van der Waals surface area contributed by atoms with E-state index in [0.29, 0.717) is 0 Å². The van der Waals surface area contributed by atoms with E-state index in [-0.39, 0.29) is 12.4 Å². The first-order valence-corrected chi connectivity index (χ1v) is 6.54. The lowest BCUT2D eigenvalue weighted by molar-refractivity contribution is 0.700. The Morgan fingerprint density at radius 3 is 2.89 bits per heavy atom. The Labute approximate surface area is 117 Å². The van der Waals surface area contributed by atoms with Gasteiger partial charge in [-0.05, 0) is 29.2 Å². The second-order valence-corrected chi connectivity index (χ2v) is 5.01. The van der Waals surface area contributed by atoms with Gasteiger partial charge in [0.25, 0.3) is 0 Å². The molecule has 2 nitrogen and oxygen atoms in total. The lowest BCUT2D eigenvalue weighted by Crippen LogP contribution is -2.12. The number of nitrogens with zero attached hydrogens (tertiary/aromatic N) is 1. The Morgan fingerprint density at radius 2 is 2.06 bits per heavy atom. The van der Waals surface area contributed by atoms with Gasteiger partial charge < -0.3 is 5.32 Å². The lowest BCUT2D eigenvalue weighted by atomic mass is 10.1. The fourth-order valence-corrected chi connectivity index (χ4v) is 2.66. The summed E-state index contributed by atoms with van der Waals surface area (Å²) in [6.45, 7) is 1.82. The molecular weight excluding hydrogens is 264 g/mol. The van der Waals surface area contributed by atoms with Crippen LogP contribution in [0.3, 0.4) is 0 Å². The van der Waals surface area contributed by atoms with Crippen molar-refractivity contribution in [1.29, 1.82) is 0 Å². The molecule has 93 valence electrons. The second kappa shape index (κ2) is 6.05. The number of rotatable bonds is 4. The summed E-state index contributed by atoms with van der Waals surface area (Å²) < 4.78 is 0. The number of hydrogen-bond acceptors (Lipinski definition) is 2. The minimum absolute atomic E-state index is 0. The van der Waals surface area contributed by atoms with Crippen LogP contribution in [0.25, 0.3) is 6.08 Å². The summed E-state index contributed by atoms with van der Waals surface area (Å²) in [6, 6.07) is 10.5. The third kappa shape index (κ3) is 2.75. The Balaban J connectivity index is 0.00000120. The van der Waals surface area contributed by atoms with Crippen molar-refractivity contribution in [3.05, 3.63) is 57.9 Å². The summed E-state index contributed by atoms with van der Waals surface area (Å²) in [6.07, 6.45) is 3.95. The van der Waals surface area contributed by atoms with Gasteiger partial charge in [-0.3, -0.25) is 5.32 Å². The molecule has 1 aliphatic rings. The van der Waals surface area contributed by atoms with Crippen LogP contribution in [0.5, 0.6) is 0 Å². The van der Waals surface area contributed by atoms with E-state index >= 15 is 0 Å². The Kier molecular flexibility index (Phi) is 4.42. The average molecular weight is 278 g/mol. The van der Waals surface area contributed by atoms with Gasteiger partial charge in [0.2, 0.25) is 0 Å². The van der Waals surface area contributed by atoms with Crippen LogP contribution >= 0.6 is 23.7 Å². The molecule has 1 aromatic carbocycles. The fraction of sp³-hybridized carbons (Fsp3) is 0.143. The van der Waals surface area contributed by atoms with Crippen molar-refractivity contribution < 1.29 is 0 Å². The molecule has 0 bridgehead atoms. The van der Waals surface area contributed by atoms with E-state index in [1.54, 1.807) is 11.3 Å². The molecule has 18 heavy (non-hydrogen) atoms. The van der Waals surface area contributed by atoms with Gasteiger partial charge in [-0.15, -0.1) is 23.7 Å². The highest BCUT2D eigenvalue weighted by Crippen LogP contribution is 2.26. The molecule has 1 radical (unpaired) electrons. The smallest absolute Gasteiger partial charge is 0.0705 e. The van der Waals surface area contributed by atoms with Crippen molar-refractivity contribution in [2.24, 2.45) is 0 Å². The van der Waals surface area contributed by atoms with Crippen LogP contribution in [0.15, 0.2) is 41.9 Å². The minimum atomic E-state index is 0. The summed E-state index contributed by atoms with van der Waals surface area (Å²) in [4.78, 5) is 1.37. The standard InChI is InChI=1S/C14H13N2S.ClH/c1-3-11(13-6-7-16-14(13)5-1)9-15-10-12-4-2-8-17-12;/h1-8,15H,9-10H2;1H. The molecule has 0 atom stereocenters. The Morgan fingerprint density at radius 1 is 1.11 bits per heavy atom. The van der Waals surface area contributed by atoms with E-state index in [9.17, 15) is 0 Å². The van der Waals surface area contributed by atoms with Crippen molar-refractivity contribution in [3.8, 4) is 0 Å². The highest BCUT2D eigenvalue weighted by atomic mass is 35.5. The summed E-state index contributed by atoms with van der Waals surface area (Å²) in [5.41, 5.74) is 3.66. The van der Waals surface area contributed by atoms with Gasteiger partial charge in [0.15, 0.2) is 0 Å². The highest BCUT2D eigenvalue weighted by Gasteiger charge is 2.09. The van der Waals surface area contributed by atoms with Gasteiger partial charge in [0.05, 0.1) is 5.69 Å². The number of hydrogen-bond donors (Lipinski definition) is 1. The minimum Gasteiger partial charge on any atom is -0.308 e. The predicted molar refractivity (Wildman–Crippen MR) is 79.4 cm³/mol. The fourth-order valence-electron chi connectivity index (χ4n) is 1.98. The molecule has 1 aromatic heterocycles. The number of thiophene rings is 1. The van der Waals surface area contributed by atoms with Gasteiger partial charge in [0.1, 0.15) is 0 Å². The van der Waals surface area contributed by atoms with Gasteiger partial charge in [-0.25, -0.2) is 0 Å². The van der Waals surface area contributed by atoms with Gasteiger partial charge in [-0.1, -0.05) is 18.2 Å². The van der Waals surface area contributed by atoms with Crippen molar-refractivity contribution in [2.45, 2.75) is 13.1 Å². The molecule has 0 spiro atoms. The largest absolute Gasteiger partial charge is 0.308 e. The third-order valence-electron chi connectivity index (χ3n) is 2.82. The van der Waals surface area contributed by atoms with Gasteiger partial charge >= 0.3 is 0 Å². The maximum Gasteiger partial charge on any atom is 0.0705 e. The molecule has 1 N–H and O–H groups in total. The van der Waals surface area contributed by atoms with Crippen LogP contribution in [0, 0.1) is 0 Å². The molecule has 0 saturated heterocycles. The highest BCUT2D eigenvalue weighted by molar-refractivity contribution is 7.09. The molecule has 0 amide bonds. The first kappa shape index (κ1) is 13.1. The van der Waals surface area contributed by atoms with E-state index < -0.39 is 0 Å². The molecule has 0 saturated carbocycles. The molecule has 0 aliphatic carbocycles. The molecule has 0 fully saturated rings. The van der Waals surface area contributed by atoms with Crippen molar-refractivity contribution >= 4 is 35.5 Å². The Hall–Kier alpha value is -1.29. The summed E-state index contributed by atoms with van der Waals surface area (Å²) >= 11 is 1.79. The molecular formula is C14H14ClN2S. The number of halogens is 1. The zero-order valence-corrected chi connectivity index (χ0v) is 11.4. The summed E-state index contributed by atoms with van der Waals surface area (Å²) in [5.74, 6) is 0. The SMILES string of the molecule is C1=Cc2c(CNCc3cccs3)cccc2[N]1.Cl. The first-order valence-electron chi connectivity index (χ1n) is 5.66. The predicted octanol–water partition coefficient (Wildman–Crippen LogP) is 3.68. The molecule has 0 unspecified atom stereocenters. The lowest BCUT2D eigenvalue weighted by Gasteiger charge is -2.07. The van der Waals surface area contributed by atoms with Gasteiger partial charge in [0, 0.05) is 29.7 Å². The molecule has 2 aromatic rings. The van der Waals surface area contributed by atoms with Crippen molar-refractivity contribution in [3.63, 3.8) is 0 Å². The molecule has 3 rings (SSSR count). The summed E-state index contributed by atoms with van der Waals surface area (Å²) in [5, 5.41) is 9.89. The monoisotopic (exact) mass is 277 g/mol. The van der Waals surface area contributed by atoms with Crippen LogP contribution in [0.2, 0.25) is 0 Å². The normalized spacial score (nSPS) is 11.8. The van der Waals surface area contributed by atoms with E-state index in [1.807, 2.05) is 6.20 Å². The first-order chi connectivity index (χ1) is 8.43. The third-order valence-corrected chi connectivity index (χ3v) is 3.70. The van der Waals surface area contributed by atoms with Crippen LogP contribution in [-0.4, -0.2) is 0 Å². The maximum atomic E-state index is 4.31. The van der Waals surface area contributed by atoms with Crippen LogP contribution < -0.4 is 10.6 Å². The van der Waals surface area contributed by atoms with Crippen molar-refractivity contribution in [1.82, 2.24) is 10.6 Å². The van der Waals surface area contributed by atoms with E-state index in [2.05, 4.69) is 52.4 Å². The van der Waals surface area contributed by atoms with Crippen LogP contribution in [-0.2, 0) is 13.1 Å². The Bertz CT molecular complexity index is 535. The average Bonchev–Trinajstić information content (AvgIpc) is 2.99. The van der Waals surface area contributed by atoms with Gasteiger partial charge in [-0.2, -0.15) is 0 Å². The zero-order valence-electron chi connectivity index (χ0n) is 9.80. The maximum absolute atomic E-state index is 4.31. The number of fused-ring (bicyclic) bond motifs is 1. The molecule has 1 aliphatic heterocycles. The van der Waals surface area contributed by atoms with E-state index in [0.717, 1.165) is 18.8 Å².